The fourth-order valence-corrected chi connectivity index (χ4v) is 1.80. The van der Waals surface area contributed by atoms with Crippen LogP contribution in [0.15, 0.2) is 22.7 Å². The number of hydrogen-bond donors (Lipinski definition) is 2. The number of anilines is 1. The van der Waals surface area contributed by atoms with E-state index in [0.29, 0.717) is 0 Å². The zero-order valence-corrected chi connectivity index (χ0v) is 12.3. The molecule has 2 N–H and O–H groups in total. The Morgan fingerprint density at radius 3 is 2.59 bits per heavy atom. The van der Waals surface area contributed by atoms with E-state index < -0.39 is 0 Å². The van der Waals surface area contributed by atoms with Gasteiger partial charge >= 0.3 is 0 Å². The molecule has 17 heavy (non-hydrogen) atoms. The molecule has 0 aromatic heterocycles. The number of carbonyl (C=O) groups excluding carboxylic acids is 1. The van der Waals surface area contributed by atoms with E-state index in [4.69, 9.17) is 0 Å². The van der Waals surface area contributed by atoms with Crippen molar-refractivity contribution in [2.45, 2.75) is 33.2 Å². The summed E-state index contributed by atoms with van der Waals surface area (Å²) in [7, 11) is 0. The van der Waals surface area contributed by atoms with Crippen molar-refractivity contribution in [1.29, 1.82) is 0 Å². The molecule has 0 unspecified atom stereocenters. The first kappa shape index (κ1) is 14.0. The molecule has 0 spiro atoms. The molecule has 0 atom stereocenters. The van der Waals surface area contributed by atoms with Crippen LogP contribution < -0.4 is 10.6 Å². The van der Waals surface area contributed by atoms with Crippen LogP contribution in [0.1, 0.15) is 26.3 Å². The lowest BCUT2D eigenvalue weighted by Crippen LogP contribution is -2.43. The zero-order valence-electron chi connectivity index (χ0n) is 10.7. The smallest absolute Gasteiger partial charge is 0.239 e. The van der Waals surface area contributed by atoms with Crippen LogP contribution in [0.2, 0.25) is 0 Å². The molecule has 94 valence electrons. The maximum Gasteiger partial charge on any atom is 0.239 e. The molecule has 1 amide bonds. The van der Waals surface area contributed by atoms with Crippen molar-refractivity contribution in [3.8, 4) is 0 Å². The molecule has 1 aromatic rings. The van der Waals surface area contributed by atoms with E-state index in [-0.39, 0.29) is 18.0 Å². The first-order valence-electron chi connectivity index (χ1n) is 5.59. The van der Waals surface area contributed by atoms with Gasteiger partial charge in [-0.1, -0.05) is 22.0 Å². The third kappa shape index (κ3) is 4.77. The molecule has 1 aromatic carbocycles. The van der Waals surface area contributed by atoms with Crippen LogP contribution in [0.25, 0.3) is 0 Å². The molecule has 0 saturated heterocycles. The predicted octanol–water partition coefficient (Wildman–Crippen LogP) is 3.08. The molecule has 0 aliphatic rings. The summed E-state index contributed by atoms with van der Waals surface area (Å²) in [6, 6.07) is 5.89. The minimum Gasteiger partial charge on any atom is -0.376 e. The van der Waals surface area contributed by atoms with Gasteiger partial charge in [0.2, 0.25) is 5.91 Å². The summed E-state index contributed by atoms with van der Waals surface area (Å²) in [6.07, 6.45) is 0. The van der Waals surface area contributed by atoms with Gasteiger partial charge in [0, 0.05) is 15.7 Å². The van der Waals surface area contributed by atoms with Gasteiger partial charge in [0.05, 0.1) is 6.54 Å². The second-order valence-electron chi connectivity index (χ2n) is 5.06. The first-order chi connectivity index (χ1) is 7.79. The van der Waals surface area contributed by atoms with Gasteiger partial charge in [0.25, 0.3) is 0 Å². The Bertz CT molecular complexity index is 410. The number of hydrogen-bond acceptors (Lipinski definition) is 2. The standard InChI is InChI=1S/C13H19BrN2O/c1-9-10(14)6-5-7-11(9)15-8-12(17)16-13(2,3)4/h5-7,15H,8H2,1-4H3,(H,16,17). The minimum absolute atomic E-state index is 0.00289. The van der Waals surface area contributed by atoms with Gasteiger partial charge in [-0.25, -0.2) is 0 Å². The van der Waals surface area contributed by atoms with E-state index in [0.717, 1.165) is 15.7 Å². The van der Waals surface area contributed by atoms with E-state index in [1.807, 2.05) is 45.9 Å². The molecule has 0 heterocycles. The largest absolute Gasteiger partial charge is 0.376 e. The SMILES string of the molecule is Cc1c(Br)cccc1NCC(=O)NC(C)(C)C. The lowest BCUT2D eigenvalue weighted by atomic mass is 10.1. The molecular weight excluding hydrogens is 280 g/mol. The highest BCUT2D eigenvalue weighted by Crippen LogP contribution is 2.23. The fourth-order valence-electron chi connectivity index (χ4n) is 1.44. The quantitative estimate of drug-likeness (QED) is 0.900. The predicted molar refractivity (Wildman–Crippen MR) is 75.3 cm³/mol. The summed E-state index contributed by atoms with van der Waals surface area (Å²) in [5.41, 5.74) is 1.89. The summed E-state index contributed by atoms with van der Waals surface area (Å²) in [5, 5.41) is 6.04. The number of rotatable bonds is 3. The summed E-state index contributed by atoms with van der Waals surface area (Å²) in [5.74, 6) is -0.00289. The Hall–Kier alpha value is -1.03. The maximum absolute atomic E-state index is 11.6. The van der Waals surface area contributed by atoms with Crippen molar-refractivity contribution in [3.05, 3.63) is 28.2 Å². The lowest BCUT2D eigenvalue weighted by Gasteiger charge is -2.21. The van der Waals surface area contributed by atoms with Gasteiger partial charge in [0.15, 0.2) is 0 Å². The van der Waals surface area contributed by atoms with E-state index in [2.05, 4.69) is 26.6 Å². The van der Waals surface area contributed by atoms with Crippen LogP contribution in [-0.4, -0.2) is 18.0 Å². The number of nitrogens with one attached hydrogen (secondary N) is 2. The van der Waals surface area contributed by atoms with Gasteiger partial charge < -0.3 is 10.6 Å². The number of carbonyl (C=O) groups is 1. The number of amides is 1. The molecule has 0 aliphatic carbocycles. The van der Waals surface area contributed by atoms with Crippen LogP contribution in [0.5, 0.6) is 0 Å². The molecular formula is C13H19BrN2O. The second kappa shape index (κ2) is 5.54. The average Bonchev–Trinajstić information content (AvgIpc) is 2.18. The number of halogens is 1. The fraction of sp³-hybridized carbons (Fsp3) is 0.462. The summed E-state index contributed by atoms with van der Waals surface area (Å²) >= 11 is 3.46. The van der Waals surface area contributed by atoms with E-state index in [9.17, 15) is 4.79 Å². The molecule has 0 saturated carbocycles. The summed E-state index contributed by atoms with van der Waals surface area (Å²) < 4.78 is 1.04. The highest BCUT2D eigenvalue weighted by molar-refractivity contribution is 9.10. The number of benzene rings is 1. The van der Waals surface area contributed by atoms with Crippen LogP contribution in [-0.2, 0) is 4.79 Å². The summed E-state index contributed by atoms with van der Waals surface area (Å²) in [4.78, 5) is 11.6. The zero-order chi connectivity index (χ0) is 13.1. The van der Waals surface area contributed by atoms with Gasteiger partial charge in [-0.2, -0.15) is 0 Å². The van der Waals surface area contributed by atoms with Crippen molar-refractivity contribution < 1.29 is 4.79 Å². The minimum atomic E-state index is -0.189. The van der Waals surface area contributed by atoms with Crippen LogP contribution in [0, 0.1) is 6.92 Å². The van der Waals surface area contributed by atoms with Crippen LogP contribution in [0.4, 0.5) is 5.69 Å². The molecule has 0 aliphatic heterocycles. The second-order valence-corrected chi connectivity index (χ2v) is 5.92. The van der Waals surface area contributed by atoms with Crippen LogP contribution >= 0.6 is 15.9 Å². The average molecular weight is 299 g/mol. The van der Waals surface area contributed by atoms with Gasteiger partial charge in [-0.05, 0) is 45.4 Å². The third-order valence-electron chi connectivity index (χ3n) is 2.22. The Morgan fingerprint density at radius 2 is 2.00 bits per heavy atom. The highest BCUT2D eigenvalue weighted by atomic mass is 79.9. The van der Waals surface area contributed by atoms with Gasteiger partial charge in [-0.15, -0.1) is 0 Å². The summed E-state index contributed by atoms with van der Waals surface area (Å²) in [6.45, 7) is 8.20. The van der Waals surface area contributed by atoms with Crippen molar-refractivity contribution in [3.63, 3.8) is 0 Å². The molecule has 0 fully saturated rings. The third-order valence-corrected chi connectivity index (χ3v) is 3.08. The van der Waals surface area contributed by atoms with Crippen molar-refractivity contribution >= 4 is 27.5 Å². The molecule has 4 heteroatoms. The van der Waals surface area contributed by atoms with Crippen LogP contribution in [0.3, 0.4) is 0 Å². The Kier molecular flexibility index (Phi) is 4.57. The molecule has 3 nitrogen and oxygen atoms in total. The molecule has 0 bridgehead atoms. The topological polar surface area (TPSA) is 41.1 Å². The first-order valence-corrected chi connectivity index (χ1v) is 6.39. The Labute approximate surface area is 111 Å². The molecule has 1 rings (SSSR count). The normalized spacial score (nSPS) is 11.1. The molecule has 0 radical (unpaired) electrons. The lowest BCUT2D eigenvalue weighted by molar-refractivity contribution is -0.120. The van der Waals surface area contributed by atoms with Crippen molar-refractivity contribution in [2.24, 2.45) is 0 Å². The van der Waals surface area contributed by atoms with Gasteiger partial charge in [0.1, 0.15) is 0 Å². The maximum atomic E-state index is 11.6. The van der Waals surface area contributed by atoms with Gasteiger partial charge in [-0.3, -0.25) is 4.79 Å². The Balaban J connectivity index is 2.56. The Morgan fingerprint density at radius 1 is 1.35 bits per heavy atom. The van der Waals surface area contributed by atoms with E-state index in [1.165, 1.54) is 0 Å². The highest BCUT2D eigenvalue weighted by Gasteiger charge is 2.13. The van der Waals surface area contributed by atoms with Crippen molar-refractivity contribution in [2.75, 3.05) is 11.9 Å². The van der Waals surface area contributed by atoms with E-state index >= 15 is 0 Å². The van der Waals surface area contributed by atoms with Crippen molar-refractivity contribution in [1.82, 2.24) is 5.32 Å². The van der Waals surface area contributed by atoms with E-state index in [1.54, 1.807) is 0 Å². The monoisotopic (exact) mass is 298 g/mol.